The van der Waals surface area contributed by atoms with E-state index < -0.39 is 8.25 Å². The molecule has 0 atom stereocenters. The molecule has 1 heterocycles. The highest BCUT2D eigenvalue weighted by atomic mass is 31.1. The van der Waals surface area contributed by atoms with Gasteiger partial charge in [-0.15, -0.1) is 0 Å². The SMILES string of the molecule is O=[PH]1OCCCCCCO1. The lowest BCUT2D eigenvalue weighted by molar-refractivity contribution is 0.232. The zero-order valence-electron chi connectivity index (χ0n) is 5.97. The van der Waals surface area contributed by atoms with Gasteiger partial charge in [-0.1, -0.05) is 12.8 Å². The van der Waals surface area contributed by atoms with Crippen molar-refractivity contribution >= 4 is 8.25 Å². The summed E-state index contributed by atoms with van der Waals surface area (Å²) in [7, 11) is -2.12. The minimum Gasteiger partial charge on any atom is -0.311 e. The minimum atomic E-state index is -2.12. The van der Waals surface area contributed by atoms with Crippen LogP contribution >= 0.6 is 8.25 Å². The fourth-order valence-corrected chi connectivity index (χ4v) is 1.62. The third-order valence-corrected chi connectivity index (χ3v) is 2.36. The van der Waals surface area contributed by atoms with Crippen LogP contribution in [0.5, 0.6) is 0 Å². The molecule has 0 saturated carbocycles. The molecule has 60 valence electrons. The predicted molar refractivity (Wildman–Crippen MR) is 39.4 cm³/mol. The molecule has 0 radical (unpaired) electrons. The van der Waals surface area contributed by atoms with Crippen LogP contribution in [0.15, 0.2) is 0 Å². The first kappa shape index (κ1) is 8.25. The Hall–Kier alpha value is 0.150. The molecule has 0 N–H and O–H groups in total. The molecule has 1 saturated heterocycles. The van der Waals surface area contributed by atoms with Crippen molar-refractivity contribution in [3.05, 3.63) is 0 Å². The minimum absolute atomic E-state index is 0.595. The van der Waals surface area contributed by atoms with Crippen molar-refractivity contribution in [2.75, 3.05) is 13.2 Å². The van der Waals surface area contributed by atoms with Gasteiger partial charge in [0.2, 0.25) is 0 Å². The van der Waals surface area contributed by atoms with E-state index >= 15 is 0 Å². The molecule has 0 unspecified atom stereocenters. The van der Waals surface area contributed by atoms with Gasteiger partial charge in [-0.05, 0) is 12.8 Å². The molecule has 0 aliphatic carbocycles. The predicted octanol–water partition coefficient (Wildman–Crippen LogP) is 1.98. The van der Waals surface area contributed by atoms with Crippen LogP contribution in [0, 0.1) is 0 Å². The standard InChI is InChI=1S/C6H13O3P/c7-10-8-5-3-1-2-4-6-9-10/h10H,1-6H2. The smallest absolute Gasteiger partial charge is 0.311 e. The van der Waals surface area contributed by atoms with Crippen LogP contribution in [-0.4, -0.2) is 13.2 Å². The molecule has 0 bridgehead atoms. The van der Waals surface area contributed by atoms with Gasteiger partial charge < -0.3 is 9.05 Å². The Balaban J connectivity index is 2.21. The van der Waals surface area contributed by atoms with E-state index in [1.165, 1.54) is 12.8 Å². The van der Waals surface area contributed by atoms with E-state index in [0.29, 0.717) is 13.2 Å². The van der Waals surface area contributed by atoms with Gasteiger partial charge in [0, 0.05) is 0 Å². The molecule has 1 fully saturated rings. The van der Waals surface area contributed by atoms with Crippen molar-refractivity contribution in [2.45, 2.75) is 25.7 Å². The Bertz CT molecular complexity index is 104. The summed E-state index contributed by atoms with van der Waals surface area (Å²) in [4.78, 5) is 0. The highest BCUT2D eigenvalue weighted by molar-refractivity contribution is 7.33. The van der Waals surface area contributed by atoms with Gasteiger partial charge in [0.25, 0.3) is 0 Å². The second kappa shape index (κ2) is 4.89. The molecule has 0 aromatic carbocycles. The zero-order chi connectivity index (χ0) is 7.23. The van der Waals surface area contributed by atoms with Crippen molar-refractivity contribution in [3.63, 3.8) is 0 Å². The van der Waals surface area contributed by atoms with Crippen LogP contribution in [0.1, 0.15) is 25.7 Å². The average Bonchev–Trinajstić information content (AvgIpc) is 2.02. The summed E-state index contributed by atoms with van der Waals surface area (Å²) in [6, 6.07) is 0. The molecule has 4 heteroatoms. The van der Waals surface area contributed by atoms with Crippen LogP contribution in [0.3, 0.4) is 0 Å². The summed E-state index contributed by atoms with van der Waals surface area (Å²) in [5.74, 6) is 0. The van der Waals surface area contributed by atoms with E-state index in [4.69, 9.17) is 9.05 Å². The van der Waals surface area contributed by atoms with Crippen LogP contribution in [0.2, 0.25) is 0 Å². The number of hydrogen-bond acceptors (Lipinski definition) is 3. The summed E-state index contributed by atoms with van der Waals surface area (Å²) in [5.41, 5.74) is 0. The van der Waals surface area contributed by atoms with E-state index in [-0.39, 0.29) is 0 Å². The highest BCUT2D eigenvalue weighted by Gasteiger charge is 2.02. The van der Waals surface area contributed by atoms with E-state index in [1.54, 1.807) is 0 Å². The molecule has 0 amide bonds. The Labute approximate surface area is 61.7 Å². The Morgan fingerprint density at radius 3 is 1.90 bits per heavy atom. The lowest BCUT2D eigenvalue weighted by Gasteiger charge is -1.99. The van der Waals surface area contributed by atoms with Crippen molar-refractivity contribution in [3.8, 4) is 0 Å². The van der Waals surface area contributed by atoms with Crippen molar-refractivity contribution in [1.82, 2.24) is 0 Å². The largest absolute Gasteiger partial charge is 0.319 e. The molecule has 0 aromatic heterocycles. The van der Waals surface area contributed by atoms with E-state index in [2.05, 4.69) is 0 Å². The maximum atomic E-state index is 10.7. The lowest BCUT2D eigenvalue weighted by atomic mass is 10.2. The summed E-state index contributed by atoms with van der Waals surface area (Å²) in [6.07, 6.45) is 4.36. The van der Waals surface area contributed by atoms with Gasteiger partial charge in [-0.25, -0.2) is 0 Å². The summed E-state index contributed by atoms with van der Waals surface area (Å²) in [5, 5.41) is 0. The fourth-order valence-electron chi connectivity index (χ4n) is 0.910. The van der Waals surface area contributed by atoms with E-state index in [9.17, 15) is 4.57 Å². The molecule has 0 spiro atoms. The maximum Gasteiger partial charge on any atom is 0.319 e. The highest BCUT2D eigenvalue weighted by Crippen LogP contribution is 2.25. The number of hydrogen-bond donors (Lipinski definition) is 0. The van der Waals surface area contributed by atoms with Crippen LogP contribution in [0.25, 0.3) is 0 Å². The fraction of sp³-hybridized carbons (Fsp3) is 1.00. The molecule has 10 heavy (non-hydrogen) atoms. The van der Waals surface area contributed by atoms with Crippen LogP contribution in [-0.2, 0) is 13.6 Å². The van der Waals surface area contributed by atoms with Crippen molar-refractivity contribution < 1.29 is 13.6 Å². The summed E-state index contributed by atoms with van der Waals surface area (Å²) < 4.78 is 20.5. The first-order chi connectivity index (χ1) is 4.89. The van der Waals surface area contributed by atoms with E-state index in [1.807, 2.05) is 0 Å². The second-order valence-corrected chi connectivity index (χ2v) is 3.44. The van der Waals surface area contributed by atoms with Gasteiger partial charge in [0.15, 0.2) is 0 Å². The third kappa shape index (κ3) is 3.35. The topological polar surface area (TPSA) is 35.5 Å². The molecule has 1 rings (SSSR count). The van der Waals surface area contributed by atoms with Crippen molar-refractivity contribution in [1.29, 1.82) is 0 Å². The van der Waals surface area contributed by atoms with Gasteiger partial charge >= 0.3 is 8.25 Å². The molecule has 1 aliphatic rings. The molecule has 1 aliphatic heterocycles. The Morgan fingerprint density at radius 1 is 0.900 bits per heavy atom. The second-order valence-electron chi connectivity index (χ2n) is 2.36. The van der Waals surface area contributed by atoms with Crippen LogP contribution in [0.4, 0.5) is 0 Å². The summed E-state index contributed by atoms with van der Waals surface area (Å²) in [6.45, 7) is 1.19. The van der Waals surface area contributed by atoms with E-state index in [0.717, 1.165) is 12.8 Å². The van der Waals surface area contributed by atoms with Crippen molar-refractivity contribution in [2.24, 2.45) is 0 Å². The zero-order valence-corrected chi connectivity index (χ0v) is 6.97. The first-order valence-corrected chi connectivity index (χ1v) is 4.91. The maximum absolute atomic E-state index is 10.7. The quantitative estimate of drug-likeness (QED) is 0.513. The Morgan fingerprint density at radius 2 is 1.40 bits per heavy atom. The number of rotatable bonds is 0. The molecular weight excluding hydrogens is 151 g/mol. The first-order valence-electron chi connectivity index (χ1n) is 3.69. The molecule has 3 nitrogen and oxygen atoms in total. The normalized spacial score (nSPS) is 24.8. The monoisotopic (exact) mass is 164 g/mol. The lowest BCUT2D eigenvalue weighted by Crippen LogP contribution is -1.85. The Kier molecular flexibility index (Phi) is 4.03. The van der Waals surface area contributed by atoms with Gasteiger partial charge in [0.1, 0.15) is 0 Å². The molecule has 0 aromatic rings. The van der Waals surface area contributed by atoms with Crippen LogP contribution < -0.4 is 0 Å². The van der Waals surface area contributed by atoms with Gasteiger partial charge in [-0.3, -0.25) is 4.57 Å². The van der Waals surface area contributed by atoms with Gasteiger partial charge in [0.05, 0.1) is 13.2 Å². The third-order valence-electron chi connectivity index (χ3n) is 1.48. The summed E-state index contributed by atoms with van der Waals surface area (Å²) >= 11 is 0. The molecular formula is C6H13O3P. The average molecular weight is 164 g/mol. The van der Waals surface area contributed by atoms with Gasteiger partial charge in [-0.2, -0.15) is 0 Å².